The fourth-order valence-corrected chi connectivity index (χ4v) is 4.01. The summed E-state index contributed by atoms with van der Waals surface area (Å²) in [5, 5.41) is 41.2. The number of β-amino-alcohol motifs (C(OH)–C–C–N with tert-alkyl or cyclic N) is 2. The number of ether oxygens (including phenoxy) is 2. The van der Waals surface area contributed by atoms with Crippen molar-refractivity contribution in [3.8, 4) is 0 Å². The van der Waals surface area contributed by atoms with E-state index in [-0.39, 0.29) is 27.3 Å². The summed E-state index contributed by atoms with van der Waals surface area (Å²) in [5.74, 6) is 0. The van der Waals surface area contributed by atoms with Gasteiger partial charge >= 0.3 is 0 Å². The minimum Gasteiger partial charge on any atom is -0.379 e. The molecule has 4 N–H and O–H groups in total. The second-order valence-corrected chi connectivity index (χ2v) is 9.58. The standard InChI is InChI=1S/2C13H18N4O2S.Cu/c2*18-12(10-17-6-8-19-9-7-17)15-16-13(20)14-11-4-2-1-3-5-11;/h2*1-5,12,18H,6-10H2,(H,14,20);/b2*16-15-;. The Kier molecular flexibility index (Phi) is 17.5. The normalized spacial score (nSPS) is 17.6. The van der Waals surface area contributed by atoms with Gasteiger partial charge in [0.25, 0.3) is 0 Å². The van der Waals surface area contributed by atoms with Crippen molar-refractivity contribution in [3.05, 3.63) is 60.7 Å². The number of hydrogen-bond acceptors (Lipinski definition) is 10. The molecule has 2 aromatic rings. The zero-order valence-electron chi connectivity index (χ0n) is 22.5. The van der Waals surface area contributed by atoms with Crippen molar-refractivity contribution < 1.29 is 36.8 Å². The van der Waals surface area contributed by atoms with E-state index in [0.717, 1.165) is 37.6 Å². The van der Waals surface area contributed by atoms with Gasteiger partial charge in [0.2, 0.25) is 10.2 Å². The second-order valence-electron chi connectivity index (χ2n) is 8.81. The molecule has 0 aliphatic carbocycles. The first kappa shape index (κ1) is 34.9. The van der Waals surface area contributed by atoms with Crippen LogP contribution in [0.15, 0.2) is 81.1 Å². The third-order valence-electron chi connectivity index (χ3n) is 5.66. The molecule has 2 aliphatic heterocycles. The van der Waals surface area contributed by atoms with Gasteiger partial charge in [-0.3, -0.25) is 9.80 Å². The van der Waals surface area contributed by atoms with Crippen LogP contribution in [0.2, 0.25) is 0 Å². The molecule has 0 saturated carbocycles. The fourth-order valence-electron chi connectivity index (χ4n) is 3.68. The van der Waals surface area contributed by atoms with Crippen molar-refractivity contribution in [2.24, 2.45) is 20.5 Å². The number of aliphatic hydroxyl groups is 2. The second kappa shape index (κ2) is 20.6. The van der Waals surface area contributed by atoms with Gasteiger partial charge in [-0.2, -0.15) is 10.2 Å². The van der Waals surface area contributed by atoms with Crippen LogP contribution < -0.4 is 10.6 Å². The molecule has 4 rings (SSSR count). The van der Waals surface area contributed by atoms with Gasteiger partial charge in [-0.05, 0) is 48.7 Å². The number of aliphatic hydroxyl groups excluding tert-OH is 2. The molecule has 0 spiro atoms. The first-order chi connectivity index (χ1) is 19.5. The first-order valence-corrected chi connectivity index (χ1v) is 13.8. The number of para-hydroxylation sites is 2. The summed E-state index contributed by atoms with van der Waals surface area (Å²) in [5.41, 5.74) is 1.69. The predicted octanol–water partition coefficient (Wildman–Crippen LogP) is 2.97. The van der Waals surface area contributed by atoms with E-state index in [9.17, 15) is 10.2 Å². The molecule has 15 heteroatoms. The van der Waals surface area contributed by atoms with E-state index in [1.807, 2.05) is 60.7 Å². The maximum absolute atomic E-state index is 9.79. The number of nitrogens with one attached hydrogen (secondary N) is 2. The molecule has 1 radical (unpaired) electrons. The summed E-state index contributed by atoms with van der Waals surface area (Å²) in [4.78, 5) is 4.17. The van der Waals surface area contributed by atoms with E-state index in [0.29, 0.717) is 39.5 Å². The van der Waals surface area contributed by atoms with Crippen LogP contribution in [0, 0.1) is 0 Å². The fraction of sp³-hybridized carbons (Fsp3) is 0.462. The molecular formula is C26H36CuN8O4S2. The minimum absolute atomic E-state index is 0. The number of thiocarbonyl (C=S) groups is 2. The molecule has 41 heavy (non-hydrogen) atoms. The summed E-state index contributed by atoms with van der Waals surface area (Å²) >= 11 is 10.1. The SMILES string of the molecule is OC(CN1CCOCC1)/N=N\C(=S)Nc1ccccc1.OC(CN1CCOCC1)/N=N\C(=S)Nc1ccccc1.[Cu]. The third kappa shape index (κ3) is 15.5. The summed E-state index contributed by atoms with van der Waals surface area (Å²) in [6.45, 7) is 6.88. The molecule has 227 valence electrons. The van der Waals surface area contributed by atoms with Gasteiger partial charge in [0, 0.05) is 67.7 Å². The molecule has 2 saturated heterocycles. The Bertz CT molecular complexity index is 990. The zero-order chi connectivity index (χ0) is 28.4. The Hall–Kier alpha value is -2.30. The summed E-state index contributed by atoms with van der Waals surface area (Å²) in [6.07, 6.45) is -1.74. The van der Waals surface area contributed by atoms with Gasteiger partial charge in [0.15, 0.2) is 12.5 Å². The van der Waals surface area contributed by atoms with E-state index >= 15 is 0 Å². The van der Waals surface area contributed by atoms with Crippen molar-refractivity contribution >= 4 is 46.0 Å². The van der Waals surface area contributed by atoms with Gasteiger partial charge in [0.05, 0.1) is 26.4 Å². The maximum atomic E-state index is 9.79. The Morgan fingerprint density at radius 3 is 1.37 bits per heavy atom. The number of benzene rings is 2. The topological polar surface area (TPSA) is 139 Å². The summed E-state index contributed by atoms with van der Waals surface area (Å²) in [6, 6.07) is 19.0. The zero-order valence-corrected chi connectivity index (χ0v) is 25.1. The number of rotatable bonds is 8. The van der Waals surface area contributed by atoms with E-state index in [1.165, 1.54) is 0 Å². The Morgan fingerprint density at radius 2 is 1.02 bits per heavy atom. The molecule has 0 amide bonds. The molecular weight excluding hydrogens is 616 g/mol. The number of nitrogens with zero attached hydrogens (tertiary/aromatic N) is 6. The Morgan fingerprint density at radius 1 is 0.683 bits per heavy atom. The van der Waals surface area contributed by atoms with Crippen molar-refractivity contribution in [1.82, 2.24) is 9.80 Å². The van der Waals surface area contributed by atoms with E-state index in [4.69, 9.17) is 33.9 Å². The van der Waals surface area contributed by atoms with Crippen LogP contribution >= 0.6 is 24.4 Å². The van der Waals surface area contributed by atoms with E-state index < -0.39 is 12.5 Å². The Balaban J connectivity index is 0.000000280. The van der Waals surface area contributed by atoms with Gasteiger partial charge in [-0.15, -0.1) is 10.2 Å². The quantitative estimate of drug-likeness (QED) is 0.191. The van der Waals surface area contributed by atoms with Crippen molar-refractivity contribution in [1.29, 1.82) is 0 Å². The van der Waals surface area contributed by atoms with E-state index in [1.54, 1.807) is 0 Å². The van der Waals surface area contributed by atoms with Gasteiger partial charge < -0.3 is 30.3 Å². The number of azo groups is 2. The summed E-state index contributed by atoms with van der Waals surface area (Å²) < 4.78 is 10.5. The van der Waals surface area contributed by atoms with E-state index in [2.05, 4.69) is 40.9 Å². The molecule has 2 unspecified atom stereocenters. The maximum Gasteiger partial charge on any atom is 0.217 e. The molecule has 2 atom stereocenters. The van der Waals surface area contributed by atoms with Crippen LogP contribution in [0.1, 0.15) is 0 Å². The smallest absolute Gasteiger partial charge is 0.217 e. The molecule has 2 fully saturated rings. The molecule has 0 aromatic heterocycles. The van der Waals surface area contributed by atoms with Crippen molar-refractivity contribution in [2.45, 2.75) is 12.5 Å². The van der Waals surface area contributed by atoms with Crippen LogP contribution in [0.3, 0.4) is 0 Å². The largest absolute Gasteiger partial charge is 0.379 e. The van der Waals surface area contributed by atoms with Crippen LogP contribution in [0.4, 0.5) is 11.4 Å². The number of morpholine rings is 2. The van der Waals surface area contributed by atoms with Crippen LogP contribution in [-0.2, 0) is 26.5 Å². The molecule has 12 nitrogen and oxygen atoms in total. The minimum atomic E-state index is -0.872. The van der Waals surface area contributed by atoms with Crippen molar-refractivity contribution in [2.75, 3.05) is 76.3 Å². The average molecular weight is 652 g/mol. The predicted molar refractivity (Wildman–Crippen MR) is 162 cm³/mol. The van der Waals surface area contributed by atoms with Crippen LogP contribution in [0.5, 0.6) is 0 Å². The summed E-state index contributed by atoms with van der Waals surface area (Å²) in [7, 11) is 0. The average Bonchev–Trinajstić information content (AvgIpc) is 2.98. The number of hydrogen-bond donors (Lipinski definition) is 4. The molecule has 2 aromatic carbocycles. The van der Waals surface area contributed by atoms with Gasteiger partial charge in [-0.25, -0.2) is 0 Å². The van der Waals surface area contributed by atoms with Gasteiger partial charge in [-0.1, -0.05) is 36.4 Å². The van der Waals surface area contributed by atoms with Gasteiger partial charge in [0.1, 0.15) is 0 Å². The van der Waals surface area contributed by atoms with Crippen LogP contribution in [-0.4, -0.2) is 108 Å². The molecule has 2 aliphatic rings. The molecule has 0 bridgehead atoms. The van der Waals surface area contributed by atoms with Crippen molar-refractivity contribution in [3.63, 3.8) is 0 Å². The monoisotopic (exact) mass is 651 g/mol. The Labute approximate surface area is 261 Å². The third-order valence-corrected chi connectivity index (χ3v) is 6.03. The number of anilines is 2. The van der Waals surface area contributed by atoms with Crippen LogP contribution in [0.25, 0.3) is 0 Å². The first-order valence-electron chi connectivity index (χ1n) is 13.0. The molecule has 2 heterocycles.